The minimum Gasteiger partial charge on any atom is -0.464 e. The Kier molecular flexibility index (Phi) is 4.09. The van der Waals surface area contributed by atoms with E-state index < -0.39 is 11.8 Å². The maximum Gasteiger partial charge on any atom is 0.358 e. The van der Waals surface area contributed by atoms with Gasteiger partial charge in [0, 0.05) is 12.6 Å². The van der Waals surface area contributed by atoms with Crippen LogP contribution in [0.25, 0.3) is 0 Å². The van der Waals surface area contributed by atoms with Crippen molar-refractivity contribution in [1.82, 2.24) is 4.98 Å². The van der Waals surface area contributed by atoms with Gasteiger partial charge in [0.25, 0.3) is 0 Å². The smallest absolute Gasteiger partial charge is 0.358 e. The molecule has 0 bridgehead atoms. The molecule has 1 aromatic heterocycles. The summed E-state index contributed by atoms with van der Waals surface area (Å²) >= 11 is 1.02. The number of anilines is 2. The maximum absolute atomic E-state index is 13.1. The van der Waals surface area contributed by atoms with Gasteiger partial charge in [-0.15, -0.1) is 0 Å². The third-order valence-electron chi connectivity index (χ3n) is 2.40. The average molecular weight is 294 g/mol. The van der Waals surface area contributed by atoms with Gasteiger partial charge in [0.15, 0.2) is 16.6 Å². The Balaban J connectivity index is 2.34. The first kappa shape index (κ1) is 14.1. The highest BCUT2D eigenvalue weighted by Gasteiger charge is 2.21. The highest BCUT2D eigenvalue weighted by Crippen LogP contribution is 2.27. The van der Waals surface area contributed by atoms with Gasteiger partial charge in [-0.2, -0.15) is 0 Å². The number of ketones is 1. The molecule has 20 heavy (non-hydrogen) atoms. The molecule has 2 rings (SSSR count). The SMILES string of the molecule is COC(=O)c1nc(Nc2cccc(F)c2)sc1C(C)=O. The predicted molar refractivity (Wildman–Crippen MR) is 73.1 cm³/mol. The summed E-state index contributed by atoms with van der Waals surface area (Å²) in [5.41, 5.74) is 0.439. The lowest BCUT2D eigenvalue weighted by molar-refractivity contribution is 0.0591. The predicted octanol–water partition coefficient (Wildman–Crippen LogP) is 3.02. The molecule has 0 saturated heterocycles. The number of aromatic nitrogens is 1. The highest BCUT2D eigenvalue weighted by molar-refractivity contribution is 7.17. The van der Waals surface area contributed by atoms with E-state index in [1.807, 2.05) is 0 Å². The Morgan fingerprint density at radius 3 is 2.75 bits per heavy atom. The fraction of sp³-hybridized carbons (Fsp3) is 0.154. The third-order valence-corrected chi connectivity index (χ3v) is 3.47. The van der Waals surface area contributed by atoms with Gasteiger partial charge in [0.05, 0.1) is 7.11 Å². The van der Waals surface area contributed by atoms with Crippen molar-refractivity contribution in [2.24, 2.45) is 0 Å². The average Bonchev–Trinajstić information content (AvgIpc) is 2.82. The molecule has 0 fully saturated rings. The topological polar surface area (TPSA) is 68.3 Å². The van der Waals surface area contributed by atoms with E-state index in [1.165, 1.54) is 26.2 Å². The number of thiazole rings is 1. The number of methoxy groups -OCH3 is 1. The molecule has 0 aliphatic rings. The van der Waals surface area contributed by atoms with Crippen LogP contribution in [-0.4, -0.2) is 23.8 Å². The van der Waals surface area contributed by atoms with Crippen LogP contribution in [0.15, 0.2) is 24.3 Å². The zero-order chi connectivity index (χ0) is 14.7. The van der Waals surface area contributed by atoms with E-state index in [4.69, 9.17) is 0 Å². The van der Waals surface area contributed by atoms with Crippen molar-refractivity contribution in [3.63, 3.8) is 0 Å². The zero-order valence-corrected chi connectivity index (χ0v) is 11.6. The van der Waals surface area contributed by atoms with Crippen LogP contribution in [-0.2, 0) is 4.74 Å². The monoisotopic (exact) mass is 294 g/mol. The van der Waals surface area contributed by atoms with Crippen LogP contribution >= 0.6 is 11.3 Å². The van der Waals surface area contributed by atoms with Crippen LogP contribution in [0.3, 0.4) is 0 Å². The van der Waals surface area contributed by atoms with E-state index >= 15 is 0 Å². The molecule has 0 atom stereocenters. The number of carbonyl (C=O) groups is 2. The van der Waals surface area contributed by atoms with Gasteiger partial charge in [-0.25, -0.2) is 14.2 Å². The Hall–Kier alpha value is -2.28. The van der Waals surface area contributed by atoms with Crippen LogP contribution in [0, 0.1) is 5.82 Å². The van der Waals surface area contributed by atoms with E-state index in [1.54, 1.807) is 12.1 Å². The van der Waals surface area contributed by atoms with Crippen LogP contribution in [0.2, 0.25) is 0 Å². The van der Waals surface area contributed by atoms with Gasteiger partial charge in [-0.3, -0.25) is 4.79 Å². The number of nitrogens with one attached hydrogen (secondary N) is 1. The molecule has 0 amide bonds. The van der Waals surface area contributed by atoms with Crippen molar-refractivity contribution in [3.8, 4) is 0 Å². The van der Waals surface area contributed by atoms with Crippen molar-refractivity contribution in [2.45, 2.75) is 6.92 Å². The van der Waals surface area contributed by atoms with Crippen LogP contribution in [0.1, 0.15) is 27.1 Å². The van der Waals surface area contributed by atoms with Gasteiger partial charge in [0.2, 0.25) is 0 Å². The van der Waals surface area contributed by atoms with Gasteiger partial charge < -0.3 is 10.1 Å². The van der Waals surface area contributed by atoms with Crippen LogP contribution < -0.4 is 5.32 Å². The number of esters is 1. The number of hydrogen-bond acceptors (Lipinski definition) is 6. The molecule has 0 unspecified atom stereocenters. The summed E-state index contributed by atoms with van der Waals surface area (Å²) < 4.78 is 17.7. The molecular formula is C13H11FN2O3S. The number of halogens is 1. The summed E-state index contributed by atoms with van der Waals surface area (Å²) in [5.74, 6) is -1.36. The molecule has 2 aromatic rings. The quantitative estimate of drug-likeness (QED) is 0.693. The molecule has 0 aliphatic carbocycles. The van der Waals surface area contributed by atoms with Crippen LogP contribution in [0.5, 0.6) is 0 Å². The minimum absolute atomic E-state index is 0.0381. The number of hydrogen-bond donors (Lipinski definition) is 1. The second kappa shape index (κ2) is 5.79. The Morgan fingerprint density at radius 1 is 1.40 bits per heavy atom. The number of carbonyl (C=O) groups excluding carboxylic acids is 2. The molecule has 0 radical (unpaired) electrons. The standard InChI is InChI=1S/C13H11FN2O3S/c1-7(17)11-10(12(18)19-2)16-13(20-11)15-9-5-3-4-8(14)6-9/h3-6H,1-2H3,(H,15,16). The molecule has 0 aliphatic heterocycles. The molecule has 0 spiro atoms. The van der Waals surface area contributed by atoms with E-state index in [0.717, 1.165) is 11.3 Å². The number of rotatable bonds is 4. The molecule has 5 nitrogen and oxygen atoms in total. The zero-order valence-electron chi connectivity index (χ0n) is 10.8. The van der Waals surface area contributed by atoms with Gasteiger partial charge in [-0.05, 0) is 18.2 Å². The largest absolute Gasteiger partial charge is 0.464 e. The summed E-state index contributed by atoms with van der Waals surface area (Å²) in [7, 11) is 1.21. The first-order valence-corrected chi connectivity index (χ1v) is 6.45. The Morgan fingerprint density at radius 2 is 2.15 bits per heavy atom. The van der Waals surface area contributed by atoms with Crippen molar-refractivity contribution in [3.05, 3.63) is 40.7 Å². The van der Waals surface area contributed by atoms with Crippen molar-refractivity contribution >= 4 is 33.9 Å². The number of Topliss-reactive ketones (excluding diaryl/α,β-unsaturated/α-hetero) is 1. The van der Waals surface area contributed by atoms with E-state index in [2.05, 4.69) is 15.0 Å². The van der Waals surface area contributed by atoms with Crippen molar-refractivity contribution in [2.75, 3.05) is 12.4 Å². The Bertz CT molecular complexity index is 669. The molecule has 1 aromatic carbocycles. The minimum atomic E-state index is -0.682. The lowest BCUT2D eigenvalue weighted by atomic mass is 10.3. The van der Waals surface area contributed by atoms with Gasteiger partial charge in [0.1, 0.15) is 10.7 Å². The molecule has 1 N–H and O–H groups in total. The molecule has 0 saturated carbocycles. The maximum atomic E-state index is 13.1. The van der Waals surface area contributed by atoms with Gasteiger partial charge >= 0.3 is 5.97 Å². The van der Waals surface area contributed by atoms with E-state index in [-0.39, 0.29) is 16.4 Å². The molecule has 1 heterocycles. The second-order valence-electron chi connectivity index (χ2n) is 3.88. The number of nitrogens with zero attached hydrogens (tertiary/aromatic N) is 1. The normalized spacial score (nSPS) is 10.2. The molecule has 104 valence electrons. The van der Waals surface area contributed by atoms with Crippen LogP contribution in [0.4, 0.5) is 15.2 Å². The van der Waals surface area contributed by atoms with E-state index in [9.17, 15) is 14.0 Å². The van der Waals surface area contributed by atoms with Crippen molar-refractivity contribution < 1.29 is 18.7 Å². The fourth-order valence-corrected chi connectivity index (χ4v) is 2.41. The number of ether oxygens (including phenoxy) is 1. The highest BCUT2D eigenvalue weighted by atomic mass is 32.1. The third kappa shape index (κ3) is 3.00. The first-order valence-electron chi connectivity index (χ1n) is 5.64. The molecular weight excluding hydrogens is 283 g/mol. The van der Waals surface area contributed by atoms with Gasteiger partial charge in [-0.1, -0.05) is 17.4 Å². The summed E-state index contributed by atoms with van der Waals surface area (Å²) in [5, 5.41) is 3.17. The second-order valence-corrected chi connectivity index (χ2v) is 4.88. The summed E-state index contributed by atoms with van der Waals surface area (Å²) in [6, 6.07) is 5.79. The first-order chi connectivity index (χ1) is 9.51. The fourth-order valence-electron chi connectivity index (χ4n) is 1.54. The Labute approximate surface area is 118 Å². The van der Waals surface area contributed by atoms with Crippen molar-refractivity contribution in [1.29, 1.82) is 0 Å². The molecule has 7 heteroatoms. The lowest BCUT2D eigenvalue weighted by Gasteiger charge is -2.01. The summed E-state index contributed by atoms with van der Waals surface area (Å²) in [4.78, 5) is 27.2. The van der Waals surface area contributed by atoms with E-state index in [0.29, 0.717) is 10.8 Å². The summed E-state index contributed by atoms with van der Waals surface area (Å²) in [6.45, 7) is 1.34. The summed E-state index contributed by atoms with van der Waals surface area (Å²) in [6.07, 6.45) is 0. The number of benzene rings is 1. The lowest BCUT2D eigenvalue weighted by Crippen LogP contribution is -2.07.